The van der Waals surface area contributed by atoms with Crippen LogP contribution in [0.5, 0.6) is 5.75 Å². The molecule has 0 spiro atoms. The van der Waals surface area contributed by atoms with Crippen LogP contribution in [0.4, 0.5) is 0 Å². The van der Waals surface area contributed by atoms with Crippen LogP contribution in [0.2, 0.25) is 0 Å². The van der Waals surface area contributed by atoms with E-state index in [9.17, 15) is 13.2 Å². The molecule has 2 aromatic carbocycles. The van der Waals surface area contributed by atoms with Crippen molar-refractivity contribution in [2.45, 2.75) is 11.8 Å². The Morgan fingerprint density at radius 2 is 1.83 bits per heavy atom. The van der Waals surface area contributed by atoms with Gasteiger partial charge in [0.2, 0.25) is 0 Å². The lowest BCUT2D eigenvalue weighted by Gasteiger charge is -2.03. The lowest BCUT2D eigenvalue weighted by Crippen LogP contribution is -1.97. The van der Waals surface area contributed by atoms with Gasteiger partial charge >= 0.3 is 0 Å². The van der Waals surface area contributed by atoms with Crippen molar-refractivity contribution in [1.82, 2.24) is 0 Å². The predicted octanol–water partition coefficient (Wildman–Crippen LogP) is 3.38. The first kappa shape index (κ1) is 17.0. The average molecular weight is 330 g/mol. The number of ketones is 1. The van der Waals surface area contributed by atoms with Gasteiger partial charge in [-0.15, -0.1) is 0 Å². The summed E-state index contributed by atoms with van der Waals surface area (Å²) in [7, 11) is -3.21. The fourth-order valence-corrected chi connectivity index (χ4v) is 2.63. The van der Waals surface area contributed by atoms with Crippen molar-refractivity contribution < 1.29 is 17.9 Å². The van der Waals surface area contributed by atoms with Gasteiger partial charge in [-0.25, -0.2) is 8.42 Å². The molecule has 0 radical (unpaired) electrons. The molecule has 0 aliphatic rings. The molecule has 0 bridgehead atoms. The lowest BCUT2D eigenvalue weighted by atomic mass is 10.1. The van der Waals surface area contributed by atoms with Gasteiger partial charge in [0.15, 0.2) is 15.6 Å². The Balaban J connectivity index is 2.13. The summed E-state index contributed by atoms with van der Waals surface area (Å²) in [6.45, 7) is 2.43. The van der Waals surface area contributed by atoms with Gasteiger partial charge in [-0.2, -0.15) is 0 Å². The molecule has 5 heteroatoms. The zero-order chi connectivity index (χ0) is 16.9. The molecule has 0 aliphatic heterocycles. The maximum atomic E-state index is 12.2. The molecule has 0 saturated carbocycles. The van der Waals surface area contributed by atoms with Crippen molar-refractivity contribution in [2.24, 2.45) is 0 Å². The highest BCUT2D eigenvalue weighted by atomic mass is 32.2. The van der Waals surface area contributed by atoms with Gasteiger partial charge in [0.25, 0.3) is 0 Å². The van der Waals surface area contributed by atoms with Crippen molar-refractivity contribution in [1.29, 1.82) is 0 Å². The molecule has 0 aromatic heterocycles. The molecule has 0 fully saturated rings. The third-order valence-electron chi connectivity index (χ3n) is 3.16. The van der Waals surface area contributed by atoms with Crippen LogP contribution in [0.25, 0.3) is 6.08 Å². The molecule has 0 atom stereocenters. The number of benzene rings is 2. The Kier molecular flexibility index (Phi) is 5.34. The molecular formula is C18H18O4S. The van der Waals surface area contributed by atoms with Crippen LogP contribution in [0.1, 0.15) is 22.8 Å². The molecule has 2 rings (SSSR count). The number of hydrogen-bond donors (Lipinski definition) is 0. The normalized spacial score (nSPS) is 11.6. The van der Waals surface area contributed by atoms with Crippen LogP contribution in [0.15, 0.2) is 59.5 Å². The Hall–Kier alpha value is -2.40. The SMILES string of the molecule is CCOc1cccc(C(=O)/C=C/c2ccc(S(C)(=O)=O)cc2)c1. The predicted molar refractivity (Wildman–Crippen MR) is 90.5 cm³/mol. The number of allylic oxidation sites excluding steroid dienone is 1. The minimum absolute atomic E-state index is 0.140. The van der Waals surface area contributed by atoms with Gasteiger partial charge in [-0.05, 0) is 42.8 Å². The van der Waals surface area contributed by atoms with E-state index in [-0.39, 0.29) is 10.7 Å². The minimum Gasteiger partial charge on any atom is -0.494 e. The molecule has 120 valence electrons. The fourth-order valence-electron chi connectivity index (χ4n) is 2.00. The molecule has 0 amide bonds. The van der Waals surface area contributed by atoms with Gasteiger partial charge in [0.05, 0.1) is 11.5 Å². The van der Waals surface area contributed by atoms with E-state index in [4.69, 9.17) is 4.74 Å². The average Bonchev–Trinajstić information content (AvgIpc) is 2.53. The molecule has 0 heterocycles. The van der Waals surface area contributed by atoms with E-state index < -0.39 is 9.84 Å². The second-order valence-corrected chi connectivity index (χ2v) is 7.02. The number of carbonyl (C=O) groups excluding carboxylic acids is 1. The number of rotatable bonds is 6. The fraction of sp³-hybridized carbons (Fsp3) is 0.167. The zero-order valence-electron chi connectivity index (χ0n) is 13.0. The smallest absolute Gasteiger partial charge is 0.185 e. The Morgan fingerprint density at radius 3 is 2.43 bits per heavy atom. The molecule has 0 saturated heterocycles. The van der Waals surface area contributed by atoms with E-state index in [2.05, 4.69) is 0 Å². The summed E-state index contributed by atoms with van der Waals surface area (Å²) < 4.78 is 28.2. The highest BCUT2D eigenvalue weighted by Crippen LogP contribution is 2.15. The number of sulfone groups is 1. The van der Waals surface area contributed by atoms with Crippen molar-refractivity contribution >= 4 is 21.7 Å². The van der Waals surface area contributed by atoms with Gasteiger partial charge in [-0.3, -0.25) is 4.79 Å². The van der Waals surface area contributed by atoms with E-state index in [1.54, 1.807) is 42.5 Å². The second-order valence-electron chi connectivity index (χ2n) is 5.00. The van der Waals surface area contributed by atoms with Crippen LogP contribution < -0.4 is 4.74 Å². The topological polar surface area (TPSA) is 60.4 Å². The van der Waals surface area contributed by atoms with E-state index in [1.807, 2.05) is 6.92 Å². The standard InChI is InChI=1S/C18H18O4S/c1-3-22-16-6-4-5-15(13-16)18(19)12-9-14-7-10-17(11-8-14)23(2,20)21/h4-13H,3H2,1-2H3/b12-9+. The van der Waals surface area contributed by atoms with E-state index >= 15 is 0 Å². The molecule has 23 heavy (non-hydrogen) atoms. The first-order valence-corrected chi connectivity index (χ1v) is 9.04. The van der Waals surface area contributed by atoms with E-state index in [1.165, 1.54) is 18.2 Å². The molecular weight excluding hydrogens is 312 g/mol. The maximum absolute atomic E-state index is 12.2. The molecule has 4 nitrogen and oxygen atoms in total. The van der Waals surface area contributed by atoms with Crippen LogP contribution >= 0.6 is 0 Å². The number of hydrogen-bond acceptors (Lipinski definition) is 4. The summed E-state index contributed by atoms with van der Waals surface area (Å²) in [6, 6.07) is 13.4. The first-order chi connectivity index (χ1) is 10.9. The molecule has 0 aliphatic carbocycles. The highest BCUT2D eigenvalue weighted by molar-refractivity contribution is 7.90. The summed E-state index contributed by atoms with van der Waals surface area (Å²) in [5, 5.41) is 0. The third kappa shape index (κ3) is 4.79. The monoisotopic (exact) mass is 330 g/mol. The lowest BCUT2D eigenvalue weighted by molar-refractivity contribution is 0.104. The van der Waals surface area contributed by atoms with E-state index in [0.29, 0.717) is 17.9 Å². The minimum atomic E-state index is -3.21. The van der Waals surface area contributed by atoms with Crippen LogP contribution in [-0.2, 0) is 9.84 Å². The largest absolute Gasteiger partial charge is 0.494 e. The number of ether oxygens (including phenoxy) is 1. The van der Waals surface area contributed by atoms with E-state index in [0.717, 1.165) is 11.8 Å². The third-order valence-corrected chi connectivity index (χ3v) is 4.29. The van der Waals surface area contributed by atoms with Crippen LogP contribution in [-0.4, -0.2) is 27.1 Å². The summed E-state index contributed by atoms with van der Waals surface area (Å²) >= 11 is 0. The van der Waals surface area contributed by atoms with Crippen LogP contribution in [0.3, 0.4) is 0 Å². The maximum Gasteiger partial charge on any atom is 0.185 e. The molecule has 0 N–H and O–H groups in total. The van der Waals surface area contributed by atoms with Gasteiger partial charge in [-0.1, -0.05) is 30.3 Å². The molecule has 2 aromatic rings. The van der Waals surface area contributed by atoms with Crippen LogP contribution in [0, 0.1) is 0 Å². The summed E-state index contributed by atoms with van der Waals surface area (Å²) in [6.07, 6.45) is 4.27. The summed E-state index contributed by atoms with van der Waals surface area (Å²) in [5.74, 6) is 0.517. The molecule has 0 unspecified atom stereocenters. The highest BCUT2D eigenvalue weighted by Gasteiger charge is 2.06. The number of carbonyl (C=O) groups is 1. The van der Waals surface area contributed by atoms with Gasteiger partial charge < -0.3 is 4.74 Å². The Morgan fingerprint density at radius 1 is 1.13 bits per heavy atom. The van der Waals surface area contributed by atoms with Crippen molar-refractivity contribution in [3.63, 3.8) is 0 Å². The summed E-state index contributed by atoms with van der Waals surface area (Å²) in [5.41, 5.74) is 1.30. The Labute approximate surface area is 136 Å². The van der Waals surface area contributed by atoms with Crippen molar-refractivity contribution in [3.05, 3.63) is 65.7 Å². The quantitative estimate of drug-likeness (QED) is 0.602. The summed E-state index contributed by atoms with van der Waals surface area (Å²) in [4.78, 5) is 12.4. The van der Waals surface area contributed by atoms with Crippen molar-refractivity contribution in [2.75, 3.05) is 12.9 Å². The van der Waals surface area contributed by atoms with Gasteiger partial charge in [0.1, 0.15) is 5.75 Å². The zero-order valence-corrected chi connectivity index (χ0v) is 13.8. The Bertz CT molecular complexity index is 818. The first-order valence-electron chi connectivity index (χ1n) is 7.15. The van der Waals surface area contributed by atoms with Crippen molar-refractivity contribution in [3.8, 4) is 5.75 Å². The second kappa shape index (κ2) is 7.24. The van der Waals surface area contributed by atoms with Gasteiger partial charge in [0, 0.05) is 11.8 Å².